The minimum atomic E-state index is -3.13. The van der Waals surface area contributed by atoms with E-state index < -0.39 is 8.07 Å². The van der Waals surface area contributed by atoms with Gasteiger partial charge in [0.1, 0.15) is 13.9 Å². The van der Waals surface area contributed by atoms with E-state index in [-0.39, 0.29) is 21.1 Å². The molecule has 3 heterocycles. The van der Waals surface area contributed by atoms with Crippen molar-refractivity contribution in [3.05, 3.63) is 230 Å². The molecule has 0 bridgehead atoms. The van der Waals surface area contributed by atoms with Gasteiger partial charge in [0.15, 0.2) is 0 Å². The van der Waals surface area contributed by atoms with Crippen LogP contribution in [0.4, 0.5) is 22.7 Å². The Hall–Kier alpha value is -6.78. The van der Waals surface area contributed by atoms with Crippen LogP contribution >= 0.6 is 0 Å². The van der Waals surface area contributed by atoms with Crippen LogP contribution < -0.4 is 30.5 Å². The summed E-state index contributed by atoms with van der Waals surface area (Å²) in [5, 5.41) is 7.22. The standard InChI is InChI=1S/C60H50N4Si.Pt/c1-42(2)51-29-19-30-52(43(3)4)60(51)44-36-37-61-59(38-44)64-55-31-15-14-28-53(55)54-35-34-50(40-58(54)64)65(47-23-10-6-11-24-47,48-25-12-7-13-26-48)49-27-18-22-46(39-49)63-41-62(45-20-8-5-9-21-45)56-32-16-17-33-57(56)63;/h5-38,42-43H,41H2,1-4H3;/q-2;+2. The minimum absolute atomic E-state index is 0. The largest absolute Gasteiger partial charge is 2.00 e. The summed E-state index contributed by atoms with van der Waals surface area (Å²) in [4.78, 5) is 9.97. The van der Waals surface area contributed by atoms with E-state index in [9.17, 15) is 0 Å². The molecular formula is C60H50N4PtSi. The Morgan fingerprint density at radius 1 is 0.515 bits per heavy atom. The van der Waals surface area contributed by atoms with Gasteiger partial charge in [0.25, 0.3) is 0 Å². The molecule has 2 aromatic heterocycles. The number of pyridine rings is 1. The first-order chi connectivity index (χ1) is 31.9. The van der Waals surface area contributed by atoms with E-state index >= 15 is 0 Å². The average molecular weight is 1050 g/mol. The zero-order valence-electron chi connectivity index (χ0n) is 37.6. The van der Waals surface area contributed by atoms with Gasteiger partial charge in [-0.1, -0.05) is 166 Å². The molecule has 0 radical (unpaired) electrons. The summed E-state index contributed by atoms with van der Waals surface area (Å²) in [6.07, 6.45) is 1.99. The number of aromatic nitrogens is 2. The second kappa shape index (κ2) is 17.9. The summed E-state index contributed by atoms with van der Waals surface area (Å²) in [7, 11) is -3.13. The number of rotatable bonds is 10. The van der Waals surface area contributed by atoms with Crippen LogP contribution in [0.5, 0.6) is 0 Å². The molecule has 0 saturated carbocycles. The predicted molar refractivity (Wildman–Crippen MR) is 276 cm³/mol. The molecule has 1 aliphatic rings. The molecule has 8 aromatic carbocycles. The third-order valence-electron chi connectivity index (χ3n) is 13.3. The second-order valence-corrected chi connectivity index (χ2v) is 21.5. The second-order valence-electron chi connectivity index (χ2n) is 17.8. The molecule has 0 N–H and O–H groups in total. The SMILES string of the molecule is CC(C)c1cccc(C(C)C)c1-c1ccnc(-n2c3[c-]c([Si](c4[c-]c(N5CN(c6ccccc6)c6ccccc65)ccc4)(c4ccccc4)c4ccccc4)ccc3c3ccccc32)c1.[Pt+2]. The van der Waals surface area contributed by atoms with Crippen molar-refractivity contribution < 1.29 is 21.1 Å². The molecule has 0 aliphatic carbocycles. The molecule has 0 unspecified atom stereocenters. The van der Waals surface area contributed by atoms with Crippen LogP contribution in [0.15, 0.2) is 206 Å². The van der Waals surface area contributed by atoms with Crippen molar-refractivity contribution >= 4 is 73.4 Å². The summed E-state index contributed by atoms with van der Waals surface area (Å²) in [6.45, 7) is 9.85. The van der Waals surface area contributed by atoms with E-state index in [1.54, 1.807) is 0 Å². The van der Waals surface area contributed by atoms with Crippen LogP contribution in [-0.2, 0) is 21.1 Å². The number of hydrogen-bond acceptors (Lipinski definition) is 3. The van der Waals surface area contributed by atoms with Gasteiger partial charge in [0.05, 0.1) is 18.0 Å². The summed E-state index contributed by atoms with van der Waals surface area (Å²) < 4.78 is 2.35. The Labute approximate surface area is 404 Å². The van der Waals surface area contributed by atoms with Gasteiger partial charge in [0.2, 0.25) is 0 Å². The molecule has 66 heavy (non-hydrogen) atoms. The molecule has 0 amide bonds. The molecule has 1 aliphatic heterocycles. The van der Waals surface area contributed by atoms with Gasteiger partial charge in [-0.05, 0) is 92.3 Å². The molecule has 11 rings (SSSR count). The van der Waals surface area contributed by atoms with Crippen LogP contribution in [0.2, 0.25) is 0 Å². The first-order valence-corrected chi connectivity index (χ1v) is 24.8. The topological polar surface area (TPSA) is 24.3 Å². The van der Waals surface area contributed by atoms with E-state index in [0.717, 1.165) is 33.1 Å². The Morgan fingerprint density at radius 2 is 1.09 bits per heavy atom. The minimum Gasteiger partial charge on any atom is -0.345 e. The first kappa shape index (κ1) is 43.1. The van der Waals surface area contributed by atoms with Crippen molar-refractivity contribution in [1.82, 2.24) is 9.55 Å². The third kappa shape index (κ3) is 7.22. The fraction of sp³-hybridized carbons (Fsp3) is 0.117. The maximum atomic E-state index is 5.16. The van der Waals surface area contributed by atoms with Gasteiger partial charge in [-0.3, -0.25) is 0 Å². The number of anilines is 4. The van der Waals surface area contributed by atoms with Gasteiger partial charge in [-0.2, -0.15) is 46.8 Å². The third-order valence-corrected chi connectivity index (χ3v) is 17.9. The fourth-order valence-electron chi connectivity index (χ4n) is 10.3. The van der Waals surface area contributed by atoms with Gasteiger partial charge in [-0.25, -0.2) is 4.98 Å². The molecule has 0 fully saturated rings. The predicted octanol–water partition coefficient (Wildman–Crippen LogP) is 12.3. The Balaban J connectivity index is 0.00000511. The normalized spacial score (nSPS) is 12.6. The molecule has 0 saturated heterocycles. The number of hydrogen-bond donors (Lipinski definition) is 0. The van der Waals surface area contributed by atoms with E-state index in [2.05, 4.69) is 254 Å². The Morgan fingerprint density at radius 3 is 1.76 bits per heavy atom. The Kier molecular flexibility index (Phi) is 11.7. The van der Waals surface area contributed by atoms with E-state index in [1.807, 2.05) is 6.20 Å². The van der Waals surface area contributed by atoms with Crippen LogP contribution in [0.3, 0.4) is 0 Å². The molecule has 10 aromatic rings. The monoisotopic (exact) mass is 1050 g/mol. The average Bonchev–Trinajstić information content (AvgIpc) is 3.91. The molecule has 4 nitrogen and oxygen atoms in total. The van der Waals surface area contributed by atoms with Crippen molar-refractivity contribution in [1.29, 1.82) is 0 Å². The van der Waals surface area contributed by atoms with Crippen molar-refractivity contribution in [2.75, 3.05) is 16.5 Å². The zero-order chi connectivity index (χ0) is 44.1. The number of benzene rings is 8. The van der Waals surface area contributed by atoms with Crippen molar-refractivity contribution in [2.24, 2.45) is 0 Å². The van der Waals surface area contributed by atoms with E-state index in [4.69, 9.17) is 4.98 Å². The van der Waals surface area contributed by atoms with Gasteiger partial charge in [0, 0.05) is 17.4 Å². The number of nitrogens with zero attached hydrogens (tertiary/aromatic N) is 4. The fourth-order valence-corrected chi connectivity index (χ4v) is 14.9. The smallest absolute Gasteiger partial charge is 0.345 e. The molecule has 0 atom stereocenters. The first-order valence-electron chi connectivity index (χ1n) is 22.8. The maximum absolute atomic E-state index is 5.16. The van der Waals surface area contributed by atoms with E-state index in [0.29, 0.717) is 18.5 Å². The van der Waals surface area contributed by atoms with Crippen LogP contribution in [-0.4, -0.2) is 24.3 Å². The number of para-hydroxylation sites is 4. The molecule has 0 spiro atoms. The van der Waals surface area contributed by atoms with Crippen LogP contribution in [0, 0.1) is 12.1 Å². The Bertz CT molecular complexity index is 3260. The van der Waals surface area contributed by atoms with Crippen LogP contribution in [0.25, 0.3) is 38.8 Å². The summed E-state index contributed by atoms with van der Waals surface area (Å²) in [5.74, 6) is 1.62. The van der Waals surface area contributed by atoms with Crippen molar-refractivity contribution in [2.45, 2.75) is 39.5 Å². The number of fused-ring (bicyclic) bond motifs is 4. The summed E-state index contributed by atoms with van der Waals surface area (Å²) in [5.41, 5.74) is 11.9. The quantitative estimate of drug-likeness (QED) is 0.0775. The van der Waals surface area contributed by atoms with E-state index in [1.165, 1.54) is 60.3 Å². The van der Waals surface area contributed by atoms with Gasteiger partial charge < -0.3 is 14.4 Å². The summed E-state index contributed by atoms with van der Waals surface area (Å²) in [6, 6.07) is 81.5. The van der Waals surface area contributed by atoms with Crippen LogP contribution in [0.1, 0.15) is 50.7 Å². The van der Waals surface area contributed by atoms with Gasteiger partial charge >= 0.3 is 21.1 Å². The van der Waals surface area contributed by atoms with Crippen molar-refractivity contribution in [3.8, 4) is 16.9 Å². The molecule has 324 valence electrons. The molecular weight excluding hydrogens is 1000 g/mol. The van der Waals surface area contributed by atoms with Crippen molar-refractivity contribution in [3.63, 3.8) is 0 Å². The van der Waals surface area contributed by atoms with Gasteiger partial charge in [-0.15, -0.1) is 11.5 Å². The zero-order valence-corrected chi connectivity index (χ0v) is 40.9. The molecule has 6 heteroatoms. The maximum Gasteiger partial charge on any atom is 2.00 e. The summed E-state index contributed by atoms with van der Waals surface area (Å²) >= 11 is 0.